The molecule has 22 heavy (non-hydrogen) atoms. The van der Waals surface area contributed by atoms with Gasteiger partial charge in [-0.3, -0.25) is 4.79 Å². The lowest BCUT2D eigenvalue weighted by Crippen LogP contribution is -2.23. The van der Waals surface area contributed by atoms with Gasteiger partial charge in [0.15, 0.2) is 0 Å². The molecule has 0 bridgehead atoms. The van der Waals surface area contributed by atoms with Crippen LogP contribution in [-0.2, 0) is 6.54 Å². The van der Waals surface area contributed by atoms with Crippen molar-refractivity contribution in [3.05, 3.63) is 62.7 Å². The van der Waals surface area contributed by atoms with Gasteiger partial charge in [-0.25, -0.2) is 9.97 Å². The van der Waals surface area contributed by atoms with Crippen LogP contribution in [-0.4, -0.2) is 20.3 Å². The van der Waals surface area contributed by atoms with Crippen molar-refractivity contribution in [2.75, 3.05) is 0 Å². The molecule has 5 nitrogen and oxygen atoms in total. The van der Waals surface area contributed by atoms with E-state index in [9.17, 15) is 4.79 Å². The van der Waals surface area contributed by atoms with Gasteiger partial charge in [-0.15, -0.1) is 0 Å². The van der Waals surface area contributed by atoms with E-state index in [0.29, 0.717) is 15.1 Å². The van der Waals surface area contributed by atoms with Crippen molar-refractivity contribution in [3.63, 3.8) is 0 Å². The molecular weight excluding hydrogens is 391 g/mol. The zero-order chi connectivity index (χ0) is 15.7. The third kappa shape index (κ3) is 3.24. The molecule has 0 fully saturated rings. The number of pyridine rings is 2. The van der Waals surface area contributed by atoms with E-state index in [2.05, 4.69) is 31.2 Å². The minimum Gasteiger partial charge on any atom is -0.346 e. The van der Waals surface area contributed by atoms with Crippen LogP contribution in [0.5, 0.6) is 0 Å². The van der Waals surface area contributed by atoms with Crippen LogP contribution in [0.2, 0.25) is 10.2 Å². The number of nitrogens with zero attached hydrogens (tertiary/aromatic N) is 3. The fourth-order valence-corrected chi connectivity index (χ4v) is 2.64. The van der Waals surface area contributed by atoms with Crippen molar-refractivity contribution in [2.45, 2.75) is 6.54 Å². The number of carbonyl (C=O) groups is 1. The second-order valence-electron chi connectivity index (χ2n) is 4.52. The van der Waals surface area contributed by atoms with Crippen molar-refractivity contribution in [1.82, 2.24) is 19.7 Å². The largest absolute Gasteiger partial charge is 0.346 e. The van der Waals surface area contributed by atoms with Crippen LogP contribution in [0, 0.1) is 0 Å². The first-order chi connectivity index (χ1) is 10.5. The third-order valence-corrected chi connectivity index (χ3v) is 3.90. The molecule has 1 N–H and O–H groups in total. The SMILES string of the molecule is O=C(NCc1cn2cc(Cl)ccc2n1)c1cc(Br)cnc1Cl. The molecule has 3 rings (SSSR count). The minimum absolute atomic E-state index is 0.155. The van der Waals surface area contributed by atoms with Crippen LogP contribution in [0.4, 0.5) is 0 Å². The van der Waals surface area contributed by atoms with Crippen molar-refractivity contribution >= 4 is 50.7 Å². The minimum atomic E-state index is -0.311. The number of carbonyl (C=O) groups excluding carboxylic acids is 1. The summed E-state index contributed by atoms with van der Waals surface area (Å²) in [5, 5.41) is 3.54. The first-order valence-electron chi connectivity index (χ1n) is 6.25. The third-order valence-electron chi connectivity index (χ3n) is 2.95. The Kier molecular flexibility index (Phi) is 4.33. The smallest absolute Gasteiger partial charge is 0.254 e. The Morgan fingerprint density at radius 1 is 1.32 bits per heavy atom. The van der Waals surface area contributed by atoms with E-state index in [4.69, 9.17) is 23.2 Å². The van der Waals surface area contributed by atoms with Crippen molar-refractivity contribution < 1.29 is 4.79 Å². The average Bonchev–Trinajstić information content (AvgIpc) is 2.89. The Morgan fingerprint density at radius 2 is 2.14 bits per heavy atom. The normalized spacial score (nSPS) is 10.9. The molecule has 3 aromatic heterocycles. The number of amides is 1. The predicted octanol–water partition coefficient (Wildman–Crippen LogP) is 3.73. The van der Waals surface area contributed by atoms with E-state index >= 15 is 0 Å². The maximum absolute atomic E-state index is 12.1. The molecule has 0 aliphatic carbocycles. The van der Waals surface area contributed by atoms with Crippen molar-refractivity contribution in [1.29, 1.82) is 0 Å². The Balaban J connectivity index is 1.75. The van der Waals surface area contributed by atoms with Gasteiger partial charge < -0.3 is 9.72 Å². The molecule has 1 amide bonds. The zero-order valence-corrected chi connectivity index (χ0v) is 14.2. The average molecular weight is 400 g/mol. The first-order valence-corrected chi connectivity index (χ1v) is 7.80. The molecular formula is C14H9BrCl2N4O. The Bertz CT molecular complexity index is 865. The van der Waals surface area contributed by atoms with Gasteiger partial charge in [-0.05, 0) is 34.1 Å². The Morgan fingerprint density at radius 3 is 2.95 bits per heavy atom. The molecule has 8 heteroatoms. The molecule has 0 saturated carbocycles. The van der Waals surface area contributed by atoms with E-state index in [-0.39, 0.29) is 17.6 Å². The maximum atomic E-state index is 12.1. The molecule has 0 aliphatic heterocycles. The molecule has 3 aromatic rings. The van der Waals surface area contributed by atoms with E-state index in [1.165, 1.54) is 6.20 Å². The fraction of sp³-hybridized carbons (Fsp3) is 0.0714. The van der Waals surface area contributed by atoms with Gasteiger partial charge in [0.25, 0.3) is 5.91 Å². The highest BCUT2D eigenvalue weighted by atomic mass is 79.9. The van der Waals surface area contributed by atoms with Crippen molar-refractivity contribution in [3.8, 4) is 0 Å². The molecule has 0 radical (unpaired) electrons. The first kappa shape index (κ1) is 15.3. The molecule has 112 valence electrons. The summed E-state index contributed by atoms with van der Waals surface area (Å²) < 4.78 is 2.49. The summed E-state index contributed by atoms with van der Waals surface area (Å²) in [6, 6.07) is 5.19. The summed E-state index contributed by atoms with van der Waals surface area (Å²) in [5.41, 5.74) is 1.79. The van der Waals surface area contributed by atoms with Gasteiger partial charge in [0, 0.05) is 23.1 Å². The van der Waals surface area contributed by atoms with Crippen molar-refractivity contribution in [2.24, 2.45) is 0 Å². The number of hydrogen-bond donors (Lipinski definition) is 1. The lowest BCUT2D eigenvalue weighted by Gasteiger charge is -2.05. The van der Waals surface area contributed by atoms with Gasteiger partial charge in [0.2, 0.25) is 0 Å². The molecule has 0 aliphatic rings. The second-order valence-corrected chi connectivity index (χ2v) is 6.23. The predicted molar refractivity (Wildman–Crippen MR) is 88.3 cm³/mol. The van der Waals surface area contributed by atoms with E-state index in [0.717, 1.165) is 11.3 Å². The summed E-state index contributed by atoms with van der Waals surface area (Å²) in [6.45, 7) is 0.279. The number of aromatic nitrogens is 3. The van der Waals surface area contributed by atoms with E-state index in [1.807, 2.05) is 12.3 Å². The number of fused-ring (bicyclic) bond motifs is 1. The Hall–Kier alpha value is -1.63. The highest BCUT2D eigenvalue weighted by molar-refractivity contribution is 9.10. The van der Waals surface area contributed by atoms with E-state index < -0.39 is 0 Å². The fourth-order valence-electron chi connectivity index (χ4n) is 1.95. The number of hydrogen-bond acceptors (Lipinski definition) is 3. The van der Waals surface area contributed by atoms with Crippen LogP contribution in [0.1, 0.15) is 16.1 Å². The van der Waals surface area contributed by atoms with Crippen LogP contribution in [0.15, 0.2) is 41.3 Å². The number of halogens is 3. The standard InChI is InChI=1S/C14H9BrCl2N4O/c15-8-3-11(13(17)18-4-8)14(22)19-5-10-7-21-6-9(16)1-2-12(21)20-10/h1-4,6-7H,5H2,(H,19,22). The van der Waals surface area contributed by atoms with Crippen LogP contribution in [0.3, 0.4) is 0 Å². The number of rotatable bonds is 3. The quantitative estimate of drug-likeness (QED) is 0.682. The van der Waals surface area contributed by atoms with Gasteiger partial charge in [-0.2, -0.15) is 0 Å². The lowest BCUT2D eigenvalue weighted by atomic mass is 10.2. The van der Waals surface area contributed by atoms with Crippen LogP contribution in [0.25, 0.3) is 5.65 Å². The maximum Gasteiger partial charge on any atom is 0.254 e. The summed E-state index contributed by atoms with van der Waals surface area (Å²) in [4.78, 5) is 20.5. The highest BCUT2D eigenvalue weighted by Crippen LogP contribution is 2.18. The monoisotopic (exact) mass is 398 g/mol. The molecule has 0 atom stereocenters. The number of nitrogens with one attached hydrogen (secondary N) is 1. The highest BCUT2D eigenvalue weighted by Gasteiger charge is 2.12. The molecule has 0 aromatic carbocycles. The van der Waals surface area contributed by atoms with Gasteiger partial charge >= 0.3 is 0 Å². The molecule has 3 heterocycles. The number of imidazole rings is 1. The summed E-state index contributed by atoms with van der Waals surface area (Å²) in [5.74, 6) is -0.311. The van der Waals surface area contributed by atoms with Crippen LogP contribution >= 0.6 is 39.1 Å². The zero-order valence-electron chi connectivity index (χ0n) is 11.1. The van der Waals surface area contributed by atoms with Gasteiger partial charge in [0.05, 0.1) is 22.8 Å². The van der Waals surface area contributed by atoms with Gasteiger partial charge in [0.1, 0.15) is 10.8 Å². The second kappa shape index (κ2) is 6.24. The van der Waals surface area contributed by atoms with Gasteiger partial charge in [-0.1, -0.05) is 23.2 Å². The Labute approximate surface area is 144 Å². The topological polar surface area (TPSA) is 59.3 Å². The summed E-state index contributed by atoms with van der Waals surface area (Å²) in [7, 11) is 0. The lowest BCUT2D eigenvalue weighted by molar-refractivity contribution is 0.0950. The summed E-state index contributed by atoms with van der Waals surface area (Å²) in [6.07, 6.45) is 5.09. The molecule has 0 unspecified atom stereocenters. The molecule has 0 saturated heterocycles. The summed E-state index contributed by atoms with van der Waals surface area (Å²) >= 11 is 15.1. The molecule has 0 spiro atoms. The van der Waals surface area contributed by atoms with Crippen LogP contribution < -0.4 is 5.32 Å². The van der Waals surface area contributed by atoms with E-state index in [1.54, 1.807) is 22.7 Å².